The van der Waals surface area contributed by atoms with Crippen molar-refractivity contribution in [1.82, 2.24) is 15.1 Å². The molecule has 2 saturated carbocycles. The van der Waals surface area contributed by atoms with Crippen molar-refractivity contribution >= 4 is 17.5 Å². The molecule has 150 valence electrons. The van der Waals surface area contributed by atoms with E-state index in [-0.39, 0.29) is 25.3 Å². The van der Waals surface area contributed by atoms with Crippen molar-refractivity contribution < 1.29 is 19.5 Å². The molecule has 0 aromatic rings. The van der Waals surface area contributed by atoms with E-state index in [1.165, 1.54) is 12.8 Å². The Kier molecular flexibility index (Phi) is 4.86. The maximum absolute atomic E-state index is 12.5. The Morgan fingerprint density at radius 1 is 1.00 bits per heavy atom. The van der Waals surface area contributed by atoms with Gasteiger partial charge >= 0.3 is 5.97 Å². The van der Waals surface area contributed by atoms with E-state index in [2.05, 4.69) is 15.1 Å². The van der Waals surface area contributed by atoms with Crippen molar-refractivity contribution in [2.24, 2.45) is 11.1 Å². The van der Waals surface area contributed by atoms with Crippen LogP contribution in [0.2, 0.25) is 0 Å². The highest BCUT2D eigenvalue weighted by Gasteiger charge is 2.70. The van der Waals surface area contributed by atoms with Gasteiger partial charge in [0.15, 0.2) is 17.0 Å². The van der Waals surface area contributed by atoms with Gasteiger partial charge in [0.05, 0.1) is 6.42 Å². The minimum Gasteiger partial charge on any atom is -0.480 e. The van der Waals surface area contributed by atoms with Crippen LogP contribution in [-0.2, 0) is 14.4 Å². The number of ketones is 2. The summed E-state index contributed by atoms with van der Waals surface area (Å²) >= 11 is 0. The standard InChI is InChI=1S/C19H30N4O4/c20-19-12-14(1-4-18(19,17(26)27)15(24)11-16(19)25)23-9-7-22(8-10-23)13-2-5-21-6-3-13/h13-14,21H,1-12,20H2,(H,26,27)/t14?,18-,19+/m1/s1. The number of carboxylic acid groups (broad SMARTS) is 1. The fraction of sp³-hybridized carbons (Fsp3) is 0.842. The smallest absolute Gasteiger partial charge is 0.319 e. The molecule has 0 amide bonds. The number of nitrogens with two attached hydrogens (primary N) is 1. The highest BCUT2D eigenvalue weighted by Crippen LogP contribution is 2.51. The molecule has 4 aliphatic rings. The number of rotatable bonds is 3. The van der Waals surface area contributed by atoms with E-state index in [0.717, 1.165) is 39.3 Å². The van der Waals surface area contributed by atoms with Crippen molar-refractivity contribution in [1.29, 1.82) is 0 Å². The summed E-state index contributed by atoms with van der Waals surface area (Å²) in [6.07, 6.45) is 3.09. The molecule has 0 radical (unpaired) electrons. The molecule has 2 saturated heterocycles. The van der Waals surface area contributed by atoms with Crippen LogP contribution in [0.15, 0.2) is 0 Å². The number of nitrogens with one attached hydrogen (secondary N) is 1. The minimum atomic E-state index is -1.71. The number of carboxylic acids is 1. The zero-order valence-corrected chi connectivity index (χ0v) is 15.8. The Morgan fingerprint density at radius 3 is 2.19 bits per heavy atom. The summed E-state index contributed by atoms with van der Waals surface area (Å²) < 4.78 is 0. The quantitative estimate of drug-likeness (QED) is 0.548. The number of hydrogen-bond acceptors (Lipinski definition) is 7. The first-order valence-corrected chi connectivity index (χ1v) is 10.2. The Bertz CT molecular complexity index is 642. The van der Waals surface area contributed by atoms with Crippen molar-refractivity contribution in [3.05, 3.63) is 0 Å². The maximum atomic E-state index is 12.5. The summed E-state index contributed by atoms with van der Waals surface area (Å²) in [5, 5.41) is 13.2. The summed E-state index contributed by atoms with van der Waals surface area (Å²) in [6.45, 7) is 5.97. The monoisotopic (exact) mass is 378 g/mol. The molecular weight excluding hydrogens is 348 g/mol. The maximum Gasteiger partial charge on any atom is 0.319 e. The van der Waals surface area contributed by atoms with Crippen LogP contribution < -0.4 is 11.1 Å². The Morgan fingerprint density at radius 2 is 1.59 bits per heavy atom. The first-order chi connectivity index (χ1) is 12.9. The summed E-state index contributed by atoms with van der Waals surface area (Å²) in [5.74, 6) is -2.13. The molecular formula is C19H30N4O4. The fourth-order valence-electron chi connectivity index (χ4n) is 5.82. The number of Topliss-reactive ketones (excluding diaryl/α,β-unsaturated/α-hetero) is 2. The average Bonchev–Trinajstić information content (AvgIpc) is 2.88. The molecule has 3 atom stereocenters. The van der Waals surface area contributed by atoms with Crippen molar-refractivity contribution in [2.75, 3.05) is 39.3 Å². The summed E-state index contributed by atoms with van der Waals surface area (Å²) in [5.41, 5.74) is 3.12. The lowest BCUT2D eigenvalue weighted by Crippen LogP contribution is -2.67. The van der Waals surface area contributed by atoms with E-state index >= 15 is 0 Å². The zero-order chi connectivity index (χ0) is 19.2. The molecule has 1 unspecified atom stereocenters. The number of nitrogens with zero attached hydrogens (tertiary/aromatic N) is 2. The van der Waals surface area contributed by atoms with Gasteiger partial charge in [0.1, 0.15) is 5.54 Å². The van der Waals surface area contributed by atoms with Gasteiger partial charge in [0.25, 0.3) is 0 Å². The van der Waals surface area contributed by atoms with Crippen LogP contribution in [0, 0.1) is 5.41 Å². The highest BCUT2D eigenvalue weighted by molar-refractivity contribution is 6.23. The van der Waals surface area contributed by atoms with Crippen LogP contribution in [0.25, 0.3) is 0 Å². The lowest BCUT2D eigenvalue weighted by molar-refractivity contribution is -0.162. The summed E-state index contributed by atoms with van der Waals surface area (Å²) in [7, 11) is 0. The van der Waals surface area contributed by atoms with E-state index in [1.807, 2.05) is 0 Å². The number of aliphatic carboxylic acids is 1. The van der Waals surface area contributed by atoms with Crippen LogP contribution in [0.4, 0.5) is 0 Å². The number of piperidine rings is 1. The van der Waals surface area contributed by atoms with Gasteiger partial charge < -0.3 is 16.2 Å². The van der Waals surface area contributed by atoms with E-state index in [1.54, 1.807) is 0 Å². The van der Waals surface area contributed by atoms with E-state index in [4.69, 9.17) is 5.73 Å². The zero-order valence-electron chi connectivity index (χ0n) is 15.8. The third kappa shape index (κ3) is 2.85. The second-order valence-electron chi connectivity index (χ2n) is 8.65. The van der Waals surface area contributed by atoms with Gasteiger partial charge in [-0.1, -0.05) is 0 Å². The molecule has 0 aromatic heterocycles. The molecule has 0 aromatic carbocycles. The van der Waals surface area contributed by atoms with Crippen LogP contribution in [0.5, 0.6) is 0 Å². The first kappa shape index (κ1) is 19.0. The summed E-state index contributed by atoms with van der Waals surface area (Å²) in [6, 6.07) is 0.724. The molecule has 4 rings (SSSR count). The van der Waals surface area contributed by atoms with E-state index in [0.29, 0.717) is 12.5 Å². The molecule has 4 N–H and O–H groups in total. The number of hydrogen-bond donors (Lipinski definition) is 3. The molecule has 2 heterocycles. The van der Waals surface area contributed by atoms with Gasteiger partial charge in [-0.2, -0.15) is 0 Å². The topological polar surface area (TPSA) is 116 Å². The third-order valence-electron chi connectivity index (χ3n) is 7.52. The second kappa shape index (κ2) is 6.92. The minimum absolute atomic E-state index is 0.0764. The SMILES string of the molecule is N[C@]12CC(N3CCN(C4CCNCC4)CC3)CC[C@]1(C(=O)O)C(=O)CC2=O. The van der Waals surface area contributed by atoms with Crippen LogP contribution in [0.3, 0.4) is 0 Å². The molecule has 2 aliphatic heterocycles. The Hall–Kier alpha value is -1.35. The summed E-state index contributed by atoms with van der Waals surface area (Å²) in [4.78, 5) is 41.7. The molecule has 8 nitrogen and oxygen atoms in total. The number of carbonyl (C=O) groups excluding carboxylic acids is 2. The Labute approximate surface area is 159 Å². The first-order valence-electron chi connectivity index (χ1n) is 10.2. The number of fused-ring (bicyclic) bond motifs is 1. The van der Waals surface area contributed by atoms with E-state index < -0.39 is 28.5 Å². The molecule has 4 fully saturated rings. The number of carbonyl (C=O) groups is 3. The van der Waals surface area contributed by atoms with Crippen molar-refractivity contribution in [3.63, 3.8) is 0 Å². The normalized spacial score (nSPS) is 39.5. The van der Waals surface area contributed by atoms with Crippen molar-refractivity contribution in [2.45, 2.75) is 56.1 Å². The largest absolute Gasteiger partial charge is 0.480 e. The lowest BCUT2D eigenvalue weighted by atomic mass is 9.61. The molecule has 0 bridgehead atoms. The highest BCUT2D eigenvalue weighted by atomic mass is 16.4. The predicted molar refractivity (Wildman–Crippen MR) is 98.3 cm³/mol. The number of piperazine rings is 1. The van der Waals surface area contributed by atoms with Gasteiger partial charge in [-0.05, 0) is 45.2 Å². The van der Waals surface area contributed by atoms with Gasteiger partial charge in [0.2, 0.25) is 0 Å². The van der Waals surface area contributed by atoms with Crippen LogP contribution in [-0.4, -0.2) is 89.3 Å². The molecule has 27 heavy (non-hydrogen) atoms. The molecule has 2 aliphatic carbocycles. The molecule has 0 spiro atoms. The molecule has 8 heteroatoms. The third-order valence-corrected chi connectivity index (χ3v) is 7.52. The second-order valence-corrected chi connectivity index (χ2v) is 8.65. The van der Waals surface area contributed by atoms with E-state index in [9.17, 15) is 19.5 Å². The van der Waals surface area contributed by atoms with Gasteiger partial charge in [-0.3, -0.25) is 24.2 Å². The average molecular weight is 378 g/mol. The predicted octanol–water partition coefficient (Wildman–Crippen LogP) is -0.781. The van der Waals surface area contributed by atoms with Gasteiger partial charge in [-0.25, -0.2) is 0 Å². The Balaban J connectivity index is 1.43. The van der Waals surface area contributed by atoms with Crippen molar-refractivity contribution in [3.8, 4) is 0 Å². The van der Waals surface area contributed by atoms with Crippen LogP contribution >= 0.6 is 0 Å². The lowest BCUT2D eigenvalue weighted by Gasteiger charge is -2.49. The van der Waals surface area contributed by atoms with Gasteiger partial charge in [-0.15, -0.1) is 0 Å². The fourth-order valence-corrected chi connectivity index (χ4v) is 5.82. The van der Waals surface area contributed by atoms with Crippen LogP contribution in [0.1, 0.15) is 38.5 Å². The van der Waals surface area contributed by atoms with Gasteiger partial charge in [0, 0.05) is 38.3 Å².